The van der Waals surface area contributed by atoms with Crippen molar-refractivity contribution < 1.29 is 17.7 Å². The van der Waals surface area contributed by atoms with E-state index in [0.717, 1.165) is 30.5 Å². The topological polar surface area (TPSA) is 132 Å². The number of anilines is 1. The van der Waals surface area contributed by atoms with Gasteiger partial charge in [-0.3, -0.25) is 4.18 Å². The van der Waals surface area contributed by atoms with Crippen LogP contribution in [0.2, 0.25) is 0 Å². The van der Waals surface area contributed by atoms with E-state index in [1.54, 1.807) is 0 Å². The molecule has 172 valence electrons. The first-order chi connectivity index (χ1) is 15.4. The average molecular weight is 460 g/mol. The number of nitrogens with two attached hydrogens (primary N) is 1. The molecule has 0 aliphatic heterocycles. The molecule has 3 atom stereocenters. The molecule has 0 fully saturated rings. The molecule has 0 unspecified atom stereocenters. The van der Waals surface area contributed by atoms with E-state index in [1.807, 2.05) is 23.8 Å². The Kier molecular flexibility index (Phi) is 6.75. The van der Waals surface area contributed by atoms with Gasteiger partial charge in [0.25, 0.3) is 0 Å². The van der Waals surface area contributed by atoms with Crippen molar-refractivity contribution in [3.8, 4) is 0 Å². The van der Waals surface area contributed by atoms with Crippen molar-refractivity contribution in [2.75, 3.05) is 11.9 Å². The van der Waals surface area contributed by atoms with E-state index in [0.29, 0.717) is 12.1 Å². The normalized spacial score (nSPS) is 18.3. The Hall–Kier alpha value is -2.53. The van der Waals surface area contributed by atoms with E-state index in [1.165, 1.54) is 17.5 Å². The fraction of sp³-hybridized carbons (Fsp3) is 0.455. The maximum atomic E-state index is 11.1. The first kappa shape index (κ1) is 22.7. The van der Waals surface area contributed by atoms with Crippen LogP contribution in [-0.2, 0) is 27.5 Å². The van der Waals surface area contributed by atoms with Gasteiger partial charge in [0.15, 0.2) is 0 Å². The molecule has 1 aromatic carbocycles. The van der Waals surface area contributed by atoms with Gasteiger partial charge in [0.2, 0.25) is 0 Å². The largest absolute Gasteiger partial charge is 0.391 e. The molecule has 3 aromatic rings. The highest BCUT2D eigenvalue weighted by Crippen LogP contribution is 2.33. The summed E-state index contributed by atoms with van der Waals surface area (Å²) < 4.78 is 28.7. The summed E-state index contributed by atoms with van der Waals surface area (Å²) >= 11 is 0. The van der Waals surface area contributed by atoms with Crippen molar-refractivity contribution in [3.05, 3.63) is 54.0 Å². The van der Waals surface area contributed by atoms with Crippen LogP contribution < -0.4 is 10.5 Å². The molecule has 2 heterocycles. The highest BCUT2D eigenvalue weighted by atomic mass is 32.2. The second-order valence-corrected chi connectivity index (χ2v) is 9.45. The first-order valence-corrected chi connectivity index (χ1v) is 12.3. The van der Waals surface area contributed by atoms with E-state index in [9.17, 15) is 13.5 Å². The van der Waals surface area contributed by atoms with Crippen molar-refractivity contribution in [2.45, 2.75) is 51.3 Å². The summed E-state index contributed by atoms with van der Waals surface area (Å²) in [5.74, 6) is 0.374. The van der Waals surface area contributed by atoms with Crippen molar-refractivity contribution in [3.63, 3.8) is 0 Å². The van der Waals surface area contributed by atoms with Gasteiger partial charge in [-0.25, -0.2) is 15.1 Å². The number of nitrogens with one attached hydrogen (secondary N) is 1. The number of nitrogens with zero attached hydrogens (tertiary/aromatic N) is 3. The minimum atomic E-state index is -4.05. The Morgan fingerprint density at radius 3 is 2.91 bits per heavy atom. The van der Waals surface area contributed by atoms with E-state index in [4.69, 9.17) is 5.14 Å². The van der Waals surface area contributed by atoms with Crippen LogP contribution in [0, 0.1) is 5.92 Å². The second-order valence-electron chi connectivity index (χ2n) is 8.23. The van der Waals surface area contributed by atoms with E-state index in [2.05, 4.69) is 43.7 Å². The van der Waals surface area contributed by atoms with E-state index >= 15 is 0 Å². The molecule has 0 saturated carbocycles. The molecule has 1 aliphatic rings. The van der Waals surface area contributed by atoms with Crippen LogP contribution in [0.3, 0.4) is 0 Å². The zero-order valence-corrected chi connectivity index (χ0v) is 18.8. The number of benzene rings is 1. The summed E-state index contributed by atoms with van der Waals surface area (Å²) in [6.45, 7) is 1.94. The molecule has 2 aromatic heterocycles. The molecule has 0 amide bonds. The summed E-state index contributed by atoms with van der Waals surface area (Å²) in [4.78, 5) is 8.89. The third kappa shape index (κ3) is 5.09. The number of aryl methyl sites for hydroxylation is 1. The number of fused-ring (bicyclic) bond motifs is 2. The van der Waals surface area contributed by atoms with Gasteiger partial charge in [-0.1, -0.05) is 31.2 Å². The summed E-state index contributed by atoms with van der Waals surface area (Å²) in [6.07, 6.45) is 6.33. The molecular weight excluding hydrogens is 430 g/mol. The Balaban J connectivity index is 1.52. The van der Waals surface area contributed by atoms with Crippen LogP contribution in [0.1, 0.15) is 43.4 Å². The zero-order chi connectivity index (χ0) is 22.7. The standard InChI is InChI=1S/C22H29N5O4S/c1-2-15(13-31-32(23,29)30)20(28)12-27-11-10-18-21(24-14-25-22(18)27)26-19-9-5-7-16-6-3-4-8-17(16)19/h3-4,6,8,10-11,14-15,19-20,28H,2,5,7,9,12-13H2,1H3,(H2,23,29,30)(H,24,25,26)/t15-,19-,20-/m0/s1. The van der Waals surface area contributed by atoms with Gasteiger partial charge in [-0.05, 0) is 42.9 Å². The minimum Gasteiger partial charge on any atom is -0.391 e. The molecule has 32 heavy (non-hydrogen) atoms. The molecule has 4 N–H and O–H groups in total. The van der Waals surface area contributed by atoms with Crippen LogP contribution in [-0.4, -0.2) is 40.8 Å². The molecule has 0 spiro atoms. The lowest BCUT2D eigenvalue weighted by molar-refractivity contribution is 0.0616. The molecule has 1 aliphatic carbocycles. The van der Waals surface area contributed by atoms with Gasteiger partial charge in [0.1, 0.15) is 17.8 Å². The smallest absolute Gasteiger partial charge is 0.333 e. The molecular formula is C22H29N5O4S. The lowest BCUT2D eigenvalue weighted by Crippen LogP contribution is -2.31. The molecule has 0 bridgehead atoms. The van der Waals surface area contributed by atoms with Crippen molar-refractivity contribution in [1.29, 1.82) is 0 Å². The Morgan fingerprint density at radius 1 is 1.31 bits per heavy atom. The fourth-order valence-electron chi connectivity index (χ4n) is 4.37. The number of aliphatic hydroxyl groups is 1. The number of aromatic nitrogens is 3. The number of hydrogen-bond donors (Lipinski definition) is 3. The van der Waals surface area contributed by atoms with Crippen LogP contribution in [0.15, 0.2) is 42.9 Å². The van der Waals surface area contributed by atoms with Crippen LogP contribution in [0.25, 0.3) is 11.0 Å². The third-order valence-electron chi connectivity index (χ3n) is 6.14. The SMILES string of the molecule is CC[C@@H](COS(N)(=O)=O)[C@@H](O)Cn1ccc2c(N[C@H]3CCCc4ccccc43)ncnc21. The Labute approximate surface area is 187 Å². The van der Waals surface area contributed by atoms with Crippen molar-refractivity contribution in [1.82, 2.24) is 14.5 Å². The van der Waals surface area contributed by atoms with Crippen LogP contribution in [0.5, 0.6) is 0 Å². The molecule has 0 saturated heterocycles. The maximum absolute atomic E-state index is 11.1. The van der Waals surface area contributed by atoms with Crippen molar-refractivity contribution >= 4 is 27.2 Å². The van der Waals surface area contributed by atoms with Gasteiger partial charge in [-0.15, -0.1) is 0 Å². The summed E-state index contributed by atoms with van der Waals surface area (Å²) in [5.41, 5.74) is 3.38. The maximum Gasteiger partial charge on any atom is 0.333 e. The van der Waals surface area contributed by atoms with Crippen molar-refractivity contribution in [2.24, 2.45) is 11.1 Å². The van der Waals surface area contributed by atoms with Gasteiger partial charge in [0.05, 0.1) is 30.7 Å². The summed E-state index contributed by atoms with van der Waals surface area (Å²) in [6, 6.07) is 10.6. The van der Waals surface area contributed by atoms with E-state index in [-0.39, 0.29) is 25.1 Å². The van der Waals surface area contributed by atoms with E-state index < -0.39 is 16.4 Å². The Morgan fingerprint density at radius 2 is 2.12 bits per heavy atom. The molecule has 4 rings (SSSR count). The number of hydrogen-bond acceptors (Lipinski definition) is 7. The molecule has 9 nitrogen and oxygen atoms in total. The number of rotatable bonds is 9. The van der Waals surface area contributed by atoms with Gasteiger partial charge in [0, 0.05) is 12.1 Å². The minimum absolute atomic E-state index is 0.168. The van der Waals surface area contributed by atoms with Crippen LogP contribution >= 0.6 is 0 Å². The van der Waals surface area contributed by atoms with Gasteiger partial charge >= 0.3 is 10.3 Å². The zero-order valence-electron chi connectivity index (χ0n) is 18.0. The highest BCUT2D eigenvalue weighted by molar-refractivity contribution is 7.84. The summed E-state index contributed by atoms with van der Waals surface area (Å²) in [5, 5.41) is 20.1. The molecule has 0 radical (unpaired) electrons. The first-order valence-electron chi connectivity index (χ1n) is 10.8. The highest BCUT2D eigenvalue weighted by Gasteiger charge is 2.23. The predicted octanol–water partition coefficient (Wildman–Crippen LogP) is 2.53. The Bertz CT molecular complexity index is 1180. The van der Waals surface area contributed by atoms with Gasteiger partial charge < -0.3 is 15.0 Å². The number of aliphatic hydroxyl groups excluding tert-OH is 1. The lowest BCUT2D eigenvalue weighted by Gasteiger charge is -2.27. The van der Waals surface area contributed by atoms with Gasteiger partial charge in [-0.2, -0.15) is 8.42 Å². The monoisotopic (exact) mass is 459 g/mol. The lowest BCUT2D eigenvalue weighted by atomic mass is 9.88. The quantitative estimate of drug-likeness (QED) is 0.448. The fourth-order valence-corrected chi connectivity index (χ4v) is 4.73. The van der Waals surface area contributed by atoms with Crippen LogP contribution in [0.4, 0.5) is 5.82 Å². The third-order valence-corrected chi connectivity index (χ3v) is 6.60. The average Bonchev–Trinajstić information content (AvgIpc) is 3.17. The predicted molar refractivity (Wildman–Crippen MR) is 122 cm³/mol. The second kappa shape index (κ2) is 9.53. The summed E-state index contributed by atoms with van der Waals surface area (Å²) in [7, 11) is -4.05. The molecule has 10 heteroatoms.